The van der Waals surface area contributed by atoms with Crippen LogP contribution in [0.5, 0.6) is 0 Å². The van der Waals surface area contributed by atoms with Gasteiger partial charge in [-0.3, -0.25) is 0 Å². The van der Waals surface area contributed by atoms with E-state index in [-0.39, 0.29) is 0 Å². The lowest BCUT2D eigenvalue weighted by atomic mass is 9.74. The molecular formula is C19H22. The van der Waals surface area contributed by atoms with E-state index in [9.17, 15) is 0 Å². The second-order valence-electron chi connectivity index (χ2n) is 5.29. The van der Waals surface area contributed by atoms with Gasteiger partial charge in [0.2, 0.25) is 0 Å². The molecule has 0 aromatic heterocycles. The molecule has 0 nitrogen and oxygen atoms in total. The molecule has 0 bridgehead atoms. The summed E-state index contributed by atoms with van der Waals surface area (Å²) in [4.78, 5) is 0. The van der Waals surface area contributed by atoms with Gasteiger partial charge in [-0.05, 0) is 35.5 Å². The molecule has 2 unspecified atom stereocenters. The van der Waals surface area contributed by atoms with Crippen LogP contribution in [0.3, 0.4) is 0 Å². The highest BCUT2D eigenvalue weighted by atomic mass is 14.3. The van der Waals surface area contributed by atoms with Gasteiger partial charge in [-0.1, -0.05) is 74.7 Å². The van der Waals surface area contributed by atoms with Gasteiger partial charge in [0, 0.05) is 5.92 Å². The molecule has 19 heavy (non-hydrogen) atoms. The zero-order valence-electron chi connectivity index (χ0n) is 11.7. The molecule has 1 aliphatic rings. The van der Waals surface area contributed by atoms with Gasteiger partial charge in [0.25, 0.3) is 0 Å². The zero-order valence-corrected chi connectivity index (χ0v) is 11.7. The molecular weight excluding hydrogens is 228 g/mol. The van der Waals surface area contributed by atoms with Crippen LogP contribution in [0.4, 0.5) is 0 Å². The Morgan fingerprint density at radius 2 is 2.00 bits per heavy atom. The molecule has 2 atom stereocenters. The van der Waals surface area contributed by atoms with Crippen molar-refractivity contribution in [2.45, 2.75) is 25.7 Å². The Morgan fingerprint density at radius 1 is 1.21 bits per heavy atom. The summed E-state index contributed by atoms with van der Waals surface area (Å²) in [5.41, 5.74) is 4.27. The van der Waals surface area contributed by atoms with Crippen molar-refractivity contribution < 1.29 is 0 Å². The van der Waals surface area contributed by atoms with Gasteiger partial charge in [-0.25, -0.2) is 0 Å². The van der Waals surface area contributed by atoms with Crippen molar-refractivity contribution in [2.75, 3.05) is 0 Å². The first-order valence-electron chi connectivity index (χ1n) is 6.95. The monoisotopic (exact) mass is 250 g/mol. The van der Waals surface area contributed by atoms with Crippen LogP contribution in [0.25, 0.3) is 0 Å². The predicted octanol–water partition coefficient (Wildman–Crippen LogP) is 5.21. The zero-order chi connectivity index (χ0) is 13.7. The molecule has 0 heteroatoms. The largest absolute Gasteiger partial charge is 0.0991 e. The molecule has 0 aliphatic heterocycles. The predicted molar refractivity (Wildman–Crippen MR) is 84.3 cm³/mol. The Morgan fingerprint density at radius 3 is 2.74 bits per heavy atom. The molecule has 1 aliphatic carbocycles. The third kappa shape index (κ3) is 3.14. The third-order valence-corrected chi connectivity index (χ3v) is 3.81. The molecule has 0 saturated heterocycles. The number of allylic oxidation sites excluding steroid dienone is 6. The van der Waals surface area contributed by atoms with Crippen molar-refractivity contribution in [3.63, 3.8) is 0 Å². The minimum Gasteiger partial charge on any atom is -0.0991 e. The van der Waals surface area contributed by atoms with Crippen LogP contribution < -0.4 is 0 Å². The third-order valence-electron chi connectivity index (χ3n) is 3.81. The lowest BCUT2D eigenvalue weighted by Crippen LogP contribution is -2.17. The summed E-state index contributed by atoms with van der Waals surface area (Å²) < 4.78 is 0. The van der Waals surface area contributed by atoms with Crippen LogP contribution in [0, 0.1) is 5.92 Å². The number of benzene rings is 1. The van der Waals surface area contributed by atoms with Crippen molar-refractivity contribution in [1.82, 2.24) is 0 Å². The average Bonchev–Trinajstić information content (AvgIpc) is 2.43. The lowest BCUT2D eigenvalue weighted by Gasteiger charge is -2.30. The van der Waals surface area contributed by atoms with Gasteiger partial charge in [0.05, 0.1) is 0 Å². The van der Waals surface area contributed by atoms with Gasteiger partial charge >= 0.3 is 0 Å². The first-order chi connectivity index (χ1) is 9.26. The molecule has 1 aromatic carbocycles. The number of hydrogen-bond acceptors (Lipinski definition) is 0. The fourth-order valence-electron chi connectivity index (χ4n) is 2.94. The Hall–Kier alpha value is -1.82. The van der Waals surface area contributed by atoms with E-state index in [4.69, 9.17) is 0 Å². The van der Waals surface area contributed by atoms with E-state index in [2.05, 4.69) is 50.4 Å². The van der Waals surface area contributed by atoms with E-state index >= 15 is 0 Å². The van der Waals surface area contributed by atoms with Gasteiger partial charge in [0.15, 0.2) is 0 Å². The van der Waals surface area contributed by atoms with Crippen molar-refractivity contribution in [3.8, 4) is 0 Å². The number of hydrogen-bond donors (Lipinski definition) is 0. The summed E-state index contributed by atoms with van der Waals surface area (Å²) in [5, 5.41) is 0. The summed E-state index contributed by atoms with van der Waals surface area (Å²) in [6.45, 7) is 10.0. The first kappa shape index (κ1) is 13.6. The van der Waals surface area contributed by atoms with Gasteiger partial charge in [-0.15, -0.1) is 0 Å². The fraction of sp³-hybridized carbons (Fsp3) is 0.263. The Kier molecular flexibility index (Phi) is 4.57. The summed E-state index contributed by atoms with van der Waals surface area (Å²) in [6, 6.07) is 8.81. The van der Waals surface area contributed by atoms with Gasteiger partial charge in [-0.2, -0.15) is 0 Å². The number of rotatable bonds is 4. The average molecular weight is 250 g/mol. The topological polar surface area (TPSA) is 0 Å². The smallest absolute Gasteiger partial charge is 0.00945 e. The maximum absolute atomic E-state index is 3.98. The van der Waals surface area contributed by atoms with E-state index in [0.717, 1.165) is 5.92 Å². The molecule has 0 spiro atoms. The van der Waals surface area contributed by atoms with E-state index in [1.807, 2.05) is 18.2 Å². The van der Waals surface area contributed by atoms with E-state index in [1.54, 1.807) is 6.08 Å². The maximum Gasteiger partial charge on any atom is 0.00945 e. The first-order valence-corrected chi connectivity index (χ1v) is 6.95. The summed E-state index contributed by atoms with van der Waals surface area (Å²) >= 11 is 0. The molecule has 0 saturated carbocycles. The fourth-order valence-corrected chi connectivity index (χ4v) is 2.94. The molecule has 2 rings (SSSR count). The highest BCUT2D eigenvalue weighted by Crippen LogP contribution is 2.39. The molecule has 1 aromatic rings. The van der Waals surface area contributed by atoms with Crippen molar-refractivity contribution >= 4 is 0 Å². The van der Waals surface area contributed by atoms with E-state index in [0.29, 0.717) is 5.92 Å². The Balaban J connectivity index is 2.38. The molecule has 0 radical (unpaired) electrons. The van der Waals surface area contributed by atoms with Gasteiger partial charge < -0.3 is 0 Å². The molecule has 0 amide bonds. The van der Waals surface area contributed by atoms with Crippen molar-refractivity contribution in [2.24, 2.45) is 5.92 Å². The van der Waals surface area contributed by atoms with Crippen LogP contribution in [-0.2, 0) is 6.42 Å². The van der Waals surface area contributed by atoms with Crippen molar-refractivity contribution in [3.05, 3.63) is 84.5 Å². The second kappa shape index (κ2) is 6.38. The minimum atomic E-state index is 0.479. The maximum atomic E-state index is 3.98. The highest BCUT2D eigenvalue weighted by Gasteiger charge is 2.25. The quantitative estimate of drug-likeness (QED) is 0.644. The summed E-state index contributed by atoms with van der Waals surface area (Å²) in [6.07, 6.45) is 12.4. The number of fused-ring (bicyclic) bond motifs is 1. The van der Waals surface area contributed by atoms with Crippen LogP contribution in [0.2, 0.25) is 0 Å². The normalized spacial score (nSPS) is 23.1. The SMILES string of the molecule is C=C/C=C\C=C(/C=C)C1CC(C)Cc2ccccc21. The van der Waals surface area contributed by atoms with Gasteiger partial charge in [0.1, 0.15) is 0 Å². The Labute approximate surface area is 116 Å². The van der Waals surface area contributed by atoms with Crippen LogP contribution in [0.1, 0.15) is 30.4 Å². The van der Waals surface area contributed by atoms with Crippen LogP contribution in [-0.4, -0.2) is 0 Å². The molecule has 0 fully saturated rings. The van der Waals surface area contributed by atoms with Crippen LogP contribution in [0.15, 0.2) is 73.4 Å². The summed E-state index contributed by atoms with van der Waals surface area (Å²) in [7, 11) is 0. The second-order valence-corrected chi connectivity index (χ2v) is 5.29. The standard InChI is InChI=1S/C19H22/c1-4-6-7-10-16(5-2)19-14-15(3)13-17-11-8-9-12-18(17)19/h4-12,15,19H,1-2,13-14H2,3H3/b7-6-,16-10+. The lowest BCUT2D eigenvalue weighted by molar-refractivity contribution is 0.464. The van der Waals surface area contributed by atoms with Crippen LogP contribution >= 0.6 is 0 Å². The summed E-state index contributed by atoms with van der Waals surface area (Å²) in [5.74, 6) is 1.21. The van der Waals surface area contributed by atoms with E-state index in [1.165, 1.54) is 29.5 Å². The van der Waals surface area contributed by atoms with Crippen molar-refractivity contribution in [1.29, 1.82) is 0 Å². The van der Waals surface area contributed by atoms with E-state index < -0.39 is 0 Å². The Bertz CT molecular complexity index is 517. The molecule has 98 valence electrons. The highest BCUT2D eigenvalue weighted by molar-refractivity contribution is 5.42. The molecule has 0 N–H and O–H groups in total. The molecule has 0 heterocycles. The minimum absolute atomic E-state index is 0.479.